The maximum Gasteiger partial charge on any atom is 0.203 e. The molecule has 2 N–H and O–H groups in total. The first-order valence-electron chi connectivity index (χ1n) is 3.61. The lowest BCUT2D eigenvalue weighted by atomic mass is 10.2. The maximum absolute atomic E-state index is 13.2. The number of rotatable bonds is 1. The van der Waals surface area contributed by atoms with Gasteiger partial charge in [0.1, 0.15) is 5.82 Å². The Kier molecular flexibility index (Phi) is 3.38. The van der Waals surface area contributed by atoms with Crippen molar-refractivity contribution in [3.05, 3.63) is 30.1 Å². The van der Waals surface area contributed by atoms with Gasteiger partial charge in [0, 0.05) is 5.56 Å². The molecule has 1 aromatic heterocycles. The number of nitrogen functional groups attached to an aromatic ring is 1. The van der Waals surface area contributed by atoms with Crippen molar-refractivity contribution in [2.45, 2.75) is 0 Å². The molecule has 6 heteroatoms. The van der Waals surface area contributed by atoms with E-state index in [9.17, 15) is 4.39 Å². The van der Waals surface area contributed by atoms with Crippen molar-refractivity contribution >= 4 is 28.9 Å². The molecule has 0 unspecified atom stereocenters. The van der Waals surface area contributed by atoms with Gasteiger partial charge in [0.25, 0.3) is 0 Å². The van der Waals surface area contributed by atoms with Crippen LogP contribution in [-0.2, 0) is 0 Å². The minimum atomic E-state index is -0.307. The number of anilines is 1. The summed E-state index contributed by atoms with van der Waals surface area (Å²) in [4.78, 5) is 0. The minimum Gasteiger partial charge on any atom is -0.374 e. The Hall–Kier alpha value is -1.20. The Bertz CT molecular complexity index is 432. The summed E-state index contributed by atoms with van der Waals surface area (Å²) < 4.78 is 13.2. The normalized spacial score (nSPS) is 9.50. The molecule has 0 saturated heterocycles. The van der Waals surface area contributed by atoms with Crippen LogP contribution in [-0.4, -0.2) is 10.2 Å². The minimum absolute atomic E-state index is 0. The van der Waals surface area contributed by atoms with E-state index < -0.39 is 0 Å². The van der Waals surface area contributed by atoms with E-state index in [1.807, 2.05) is 0 Å². The molecule has 1 aromatic carbocycles. The van der Waals surface area contributed by atoms with Gasteiger partial charge in [-0.05, 0) is 12.1 Å². The Morgan fingerprint density at radius 3 is 2.50 bits per heavy atom. The molecule has 1 heterocycles. The van der Waals surface area contributed by atoms with E-state index in [2.05, 4.69) is 10.2 Å². The van der Waals surface area contributed by atoms with Gasteiger partial charge in [0.2, 0.25) is 5.13 Å². The summed E-state index contributed by atoms with van der Waals surface area (Å²) in [6, 6.07) is 6.40. The Balaban J connectivity index is 0.000000980. The summed E-state index contributed by atoms with van der Waals surface area (Å²) >= 11 is 1.17. The van der Waals surface area contributed by atoms with E-state index in [4.69, 9.17) is 5.73 Å². The van der Waals surface area contributed by atoms with Gasteiger partial charge < -0.3 is 5.73 Å². The molecule has 0 bridgehead atoms. The molecule has 0 radical (unpaired) electrons. The molecule has 14 heavy (non-hydrogen) atoms. The van der Waals surface area contributed by atoms with Crippen molar-refractivity contribution in [3.63, 3.8) is 0 Å². The highest BCUT2D eigenvalue weighted by Crippen LogP contribution is 2.26. The van der Waals surface area contributed by atoms with Gasteiger partial charge in [-0.1, -0.05) is 23.5 Å². The van der Waals surface area contributed by atoms with Crippen LogP contribution in [0.5, 0.6) is 0 Å². The molecule has 2 aromatic rings. The number of hydrogen-bond acceptors (Lipinski definition) is 4. The van der Waals surface area contributed by atoms with E-state index in [0.29, 0.717) is 15.7 Å². The monoisotopic (exact) mass is 231 g/mol. The summed E-state index contributed by atoms with van der Waals surface area (Å²) in [7, 11) is 0. The highest BCUT2D eigenvalue weighted by molar-refractivity contribution is 7.18. The first-order valence-corrected chi connectivity index (χ1v) is 4.43. The summed E-state index contributed by atoms with van der Waals surface area (Å²) in [5.41, 5.74) is 5.83. The second-order valence-corrected chi connectivity index (χ2v) is 3.43. The molecule has 0 fully saturated rings. The number of hydrogen-bond donors (Lipinski definition) is 1. The number of nitrogens with zero attached hydrogens (tertiary/aromatic N) is 2. The summed E-state index contributed by atoms with van der Waals surface area (Å²) in [5, 5.41) is 8.22. The Morgan fingerprint density at radius 1 is 1.21 bits per heavy atom. The highest BCUT2D eigenvalue weighted by atomic mass is 35.5. The number of benzene rings is 1. The smallest absolute Gasteiger partial charge is 0.203 e. The molecular weight excluding hydrogens is 225 g/mol. The van der Waals surface area contributed by atoms with Gasteiger partial charge in [-0.2, -0.15) is 0 Å². The third kappa shape index (κ3) is 2.00. The summed E-state index contributed by atoms with van der Waals surface area (Å²) in [5.74, 6) is -0.307. The summed E-state index contributed by atoms with van der Waals surface area (Å²) in [6.45, 7) is 0. The largest absolute Gasteiger partial charge is 0.374 e. The van der Waals surface area contributed by atoms with Crippen LogP contribution in [0.2, 0.25) is 0 Å². The zero-order chi connectivity index (χ0) is 9.26. The van der Waals surface area contributed by atoms with Crippen LogP contribution in [0.3, 0.4) is 0 Å². The lowest BCUT2D eigenvalue weighted by molar-refractivity contribution is 0.631. The lowest BCUT2D eigenvalue weighted by Crippen LogP contribution is -1.82. The first-order chi connectivity index (χ1) is 6.27. The predicted octanol–water partition coefficient (Wildman–Crippen LogP) is 2.35. The molecular formula is C8H7ClFN3S. The quantitative estimate of drug-likeness (QED) is 0.820. The second kappa shape index (κ2) is 4.34. The van der Waals surface area contributed by atoms with Crippen LogP contribution in [0.1, 0.15) is 0 Å². The van der Waals surface area contributed by atoms with Crippen molar-refractivity contribution in [1.82, 2.24) is 10.2 Å². The Labute approximate surface area is 90.2 Å². The third-order valence-electron chi connectivity index (χ3n) is 1.54. The van der Waals surface area contributed by atoms with Crippen LogP contribution >= 0.6 is 23.7 Å². The van der Waals surface area contributed by atoms with Crippen molar-refractivity contribution in [2.75, 3.05) is 5.73 Å². The van der Waals surface area contributed by atoms with Crippen LogP contribution in [0.4, 0.5) is 9.52 Å². The molecule has 0 atom stereocenters. The van der Waals surface area contributed by atoms with Crippen molar-refractivity contribution in [2.24, 2.45) is 0 Å². The van der Waals surface area contributed by atoms with Gasteiger partial charge in [-0.25, -0.2) is 4.39 Å². The molecule has 0 aliphatic heterocycles. The molecule has 74 valence electrons. The molecule has 3 nitrogen and oxygen atoms in total. The second-order valence-electron chi connectivity index (χ2n) is 2.43. The van der Waals surface area contributed by atoms with E-state index in [-0.39, 0.29) is 18.2 Å². The maximum atomic E-state index is 13.2. The first kappa shape index (κ1) is 10.9. The summed E-state index contributed by atoms with van der Waals surface area (Å²) in [6.07, 6.45) is 0. The van der Waals surface area contributed by atoms with Gasteiger partial charge in [0.15, 0.2) is 5.01 Å². The standard InChI is InChI=1S/C8H6FN3S.ClH/c9-6-4-2-1-3-5(6)7-11-12-8(10)13-7;/h1-4H,(H2,10,12);1H. The van der Waals surface area contributed by atoms with Crippen molar-refractivity contribution in [3.8, 4) is 10.6 Å². The van der Waals surface area contributed by atoms with Gasteiger partial charge in [-0.3, -0.25) is 0 Å². The fraction of sp³-hybridized carbons (Fsp3) is 0. The van der Waals surface area contributed by atoms with Crippen LogP contribution < -0.4 is 5.73 Å². The van der Waals surface area contributed by atoms with E-state index in [1.54, 1.807) is 18.2 Å². The highest BCUT2D eigenvalue weighted by Gasteiger charge is 2.08. The fourth-order valence-corrected chi connectivity index (χ4v) is 1.61. The molecule has 0 saturated carbocycles. The van der Waals surface area contributed by atoms with Crippen molar-refractivity contribution < 1.29 is 4.39 Å². The molecule has 0 aliphatic rings. The number of nitrogens with two attached hydrogens (primary N) is 1. The molecule has 0 aliphatic carbocycles. The zero-order valence-corrected chi connectivity index (χ0v) is 8.61. The molecule has 2 rings (SSSR count). The van der Waals surface area contributed by atoms with Crippen LogP contribution in [0.15, 0.2) is 24.3 Å². The molecule has 0 amide bonds. The molecule has 0 spiro atoms. The Morgan fingerprint density at radius 2 is 1.93 bits per heavy atom. The number of halogens is 2. The number of aromatic nitrogens is 2. The van der Waals surface area contributed by atoms with Crippen molar-refractivity contribution in [1.29, 1.82) is 0 Å². The zero-order valence-electron chi connectivity index (χ0n) is 6.98. The van der Waals surface area contributed by atoms with Crippen LogP contribution in [0.25, 0.3) is 10.6 Å². The van der Waals surface area contributed by atoms with E-state index in [0.717, 1.165) is 0 Å². The van der Waals surface area contributed by atoms with Gasteiger partial charge in [-0.15, -0.1) is 22.6 Å². The van der Waals surface area contributed by atoms with Crippen LogP contribution in [0, 0.1) is 5.82 Å². The van der Waals surface area contributed by atoms with Gasteiger partial charge >= 0.3 is 0 Å². The van der Waals surface area contributed by atoms with Gasteiger partial charge in [0.05, 0.1) is 0 Å². The lowest BCUT2D eigenvalue weighted by Gasteiger charge is -1.95. The van der Waals surface area contributed by atoms with E-state index in [1.165, 1.54) is 17.4 Å². The van der Waals surface area contributed by atoms with E-state index >= 15 is 0 Å². The fourth-order valence-electron chi connectivity index (χ4n) is 0.978. The average Bonchev–Trinajstić information content (AvgIpc) is 2.53. The average molecular weight is 232 g/mol. The predicted molar refractivity (Wildman–Crippen MR) is 57.0 cm³/mol. The SMILES string of the molecule is Cl.Nc1nnc(-c2ccccc2F)s1. The topological polar surface area (TPSA) is 51.8 Å². The third-order valence-corrected chi connectivity index (χ3v) is 2.33.